The molecule has 0 bridgehead atoms. The highest BCUT2D eigenvalue weighted by molar-refractivity contribution is 5.89. The number of nitrogens with one attached hydrogen (secondary N) is 2. The summed E-state index contributed by atoms with van der Waals surface area (Å²) in [4.78, 5) is 13.6. The van der Waals surface area contributed by atoms with Gasteiger partial charge in [0.05, 0.1) is 5.69 Å². The predicted molar refractivity (Wildman–Crippen MR) is 82.9 cm³/mol. The van der Waals surface area contributed by atoms with Gasteiger partial charge in [0, 0.05) is 26.3 Å². The van der Waals surface area contributed by atoms with Gasteiger partial charge in [-0.25, -0.2) is 18.0 Å². The molecule has 2 amide bonds. The van der Waals surface area contributed by atoms with Crippen LogP contribution in [-0.2, 0) is 6.54 Å². The molecule has 122 valence electrons. The Kier molecular flexibility index (Phi) is 5.10. The molecule has 0 heterocycles. The van der Waals surface area contributed by atoms with Crippen LogP contribution in [0, 0.1) is 17.5 Å². The Morgan fingerprint density at radius 1 is 1.00 bits per heavy atom. The molecule has 0 aromatic heterocycles. The van der Waals surface area contributed by atoms with Crippen molar-refractivity contribution in [2.45, 2.75) is 6.54 Å². The Morgan fingerprint density at radius 3 is 2.26 bits per heavy atom. The molecule has 2 N–H and O–H groups in total. The zero-order valence-corrected chi connectivity index (χ0v) is 12.7. The van der Waals surface area contributed by atoms with Crippen LogP contribution < -0.4 is 15.5 Å². The standard InChI is InChI=1S/C16H16F3N3O/c1-22(2)11-5-3-10(4-6-11)9-20-16(23)21-13-8-7-12(17)14(18)15(13)19/h3-8H,9H2,1-2H3,(H2,20,21,23). The maximum atomic E-state index is 13.4. The fourth-order valence-corrected chi connectivity index (χ4v) is 1.88. The lowest BCUT2D eigenvalue weighted by Crippen LogP contribution is -2.28. The maximum absolute atomic E-state index is 13.4. The van der Waals surface area contributed by atoms with Crippen molar-refractivity contribution in [1.82, 2.24) is 5.32 Å². The first-order valence-electron chi connectivity index (χ1n) is 6.83. The Morgan fingerprint density at radius 2 is 1.65 bits per heavy atom. The molecule has 0 atom stereocenters. The first-order chi connectivity index (χ1) is 10.9. The number of carbonyl (C=O) groups is 1. The summed E-state index contributed by atoms with van der Waals surface area (Å²) in [5.74, 6) is -4.37. The zero-order chi connectivity index (χ0) is 17.0. The van der Waals surface area contributed by atoms with Gasteiger partial charge in [0.1, 0.15) is 0 Å². The van der Waals surface area contributed by atoms with E-state index in [-0.39, 0.29) is 6.54 Å². The van der Waals surface area contributed by atoms with Crippen molar-refractivity contribution in [3.63, 3.8) is 0 Å². The summed E-state index contributed by atoms with van der Waals surface area (Å²) in [6, 6.07) is 8.45. The zero-order valence-electron chi connectivity index (χ0n) is 12.7. The van der Waals surface area contributed by atoms with Crippen LogP contribution in [0.3, 0.4) is 0 Å². The van der Waals surface area contributed by atoms with Crippen molar-refractivity contribution in [2.75, 3.05) is 24.3 Å². The molecular formula is C16H16F3N3O. The third-order valence-corrected chi connectivity index (χ3v) is 3.19. The van der Waals surface area contributed by atoms with E-state index in [0.717, 1.165) is 23.4 Å². The first-order valence-corrected chi connectivity index (χ1v) is 6.83. The van der Waals surface area contributed by atoms with Gasteiger partial charge in [-0.2, -0.15) is 0 Å². The van der Waals surface area contributed by atoms with Gasteiger partial charge in [0.15, 0.2) is 17.5 Å². The fourth-order valence-electron chi connectivity index (χ4n) is 1.88. The normalized spacial score (nSPS) is 10.3. The van der Waals surface area contributed by atoms with Crippen molar-refractivity contribution in [2.24, 2.45) is 0 Å². The summed E-state index contributed by atoms with van der Waals surface area (Å²) in [5, 5.41) is 4.65. The van der Waals surface area contributed by atoms with Gasteiger partial charge in [0.2, 0.25) is 0 Å². The minimum absolute atomic E-state index is 0.213. The van der Waals surface area contributed by atoms with E-state index in [9.17, 15) is 18.0 Å². The highest BCUT2D eigenvalue weighted by Crippen LogP contribution is 2.19. The largest absolute Gasteiger partial charge is 0.378 e. The maximum Gasteiger partial charge on any atom is 0.319 e. The van der Waals surface area contributed by atoms with Crippen molar-refractivity contribution in [1.29, 1.82) is 0 Å². The van der Waals surface area contributed by atoms with Gasteiger partial charge in [0.25, 0.3) is 0 Å². The lowest BCUT2D eigenvalue weighted by atomic mass is 10.2. The second-order valence-corrected chi connectivity index (χ2v) is 5.09. The number of rotatable bonds is 4. The SMILES string of the molecule is CN(C)c1ccc(CNC(=O)Nc2ccc(F)c(F)c2F)cc1. The fraction of sp³-hybridized carbons (Fsp3) is 0.188. The van der Waals surface area contributed by atoms with E-state index in [0.29, 0.717) is 0 Å². The highest BCUT2D eigenvalue weighted by Gasteiger charge is 2.14. The molecule has 0 aliphatic carbocycles. The number of hydrogen-bond acceptors (Lipinski definition) is 2. The van der Waals surface area contributed by atoms with Crippen LogP contribution >= 0.6 is 0 Å². The molecule has 7 heteroatoms. The molecule has 2 rings (SSSR count). The number of halogens is 3. The molecule has 0 aliphatic heterocycles. The monoisotopic (exact) mass is 323 g/mol. The van der Waals surface area contributed by atoms with E-state index >= 15 is 0 Å². The molecule has 2 aromatic carbocycles. The van der Waals surface area contributed by atoms with Gasteiger partial charge < -0.3 is 15.5 Å². The first kappa shape index (κ1) is 16.7. The second kappa shape index (κ2) is 7.04. The van der Waals surface area contributed by atoms with Gasteiger partial charge >= 0.3 is 6.03 Å². The minimum Gasteiger partial charge on any atom is -0.378 e. The van der Waals surface area contributed by atoms with Crippen LogP contribution in [-0.4, -0.2) is 20.1 Å². The number of amides is 2. The predicted octanol–water partition coefficient (Wildman–Crippen LogP) is 3.49. The van der Waals surface area contributed by atoms with Gasteiger partial charge in [-0.1, -0.05) is 12.1 Å². The van der Waals surface area contributed by atoms with Crippen molar-refractivity contribution in [3.8, 4) is 0 Å². The minimum atomic E-state index is -1.62. The average Bonchev–Trinajstić information content (AvgIpc) is 2.54. The van der Waals surface area contributed by atoms with Crippen LogP contribution in [0.15, 0.2) is 36.4 Å². The van der Waals surface area contributed by atoms with Crippen LogP contribution in [0.2, 0.25) is 0 Å². The van der Waals surface area contributed by atoms with Crippen LogP contribution in [0.1, 0.15) is 5.56 Å². The van der Waals surface area contributed by atoms with Crippen molar-refractivity contribution in [3.05, 3.63) is 59.4 Å². The topological polar surface area (TPSA) is 44.4 Å². The second-order valence-electron chi connectivity index (χ2n) is 5.09. The number of urea groups is 1. The summed E-state index contributed by atoms with van der Waals surface area (Å²) in [6.07, 6.45) is 0. The van der Waals surface area contributed by atoms with Crippen molar-refractivity contribution >= 4 is 17.4 Å². The molecular weight excluding hydrogens is 307 g/mol. The molecule has 23 heavy (non-hydrogen) atoms. The molecule has 0 fully saturated rings. The molecule has 2 aromatic rings. The molecule has 4 nitrogen and oxygen atoms in total. The molecule has 0 saturated heterocycles. The van der Waals surface area contributed by atoms with E-state index in [1.165, 1.54) is 0 Å². The smallest absolute Gasteiger partial charge is 0.319 e. The Labute approximate surface area is 131 Å². The van der Waals surface area contributed by atoms with E-state index < -0.39 is 29.2 Å². The number of anilines is 2. The summed E-state index contributed by atoms with van der Waals surface area (Å²) in [7, 11) is 3.83. The van der Waals surface area contributed by atoms with E-state index in [1.54, 1.807) is 0 Å². The van der Waals surface area contributed by atoms with Gasteiger partial charge in [-0.15, -0.1) is 0 Å². The highest BCUT2D eigenvalue weighted by atomic mass is 19.2. The van der Waals surface area contributed by atoms with Gasteiger partial charge in [-0.05, 0) is 29.8 Å². The number of benzene rings is 2. The third-order valence-electron chi connectivity index (χ3n) is 3.19. The van der Waals surface area contributed by atoms with Crippen molar-refractivity contribution < 1.29 is 18.0 Å². The third kappa shape index (κ3) is 4.15. The molecule has 0 spiro atoms. The molecule has 0 saturated carbocycles. The van der Waals surface area contributed by atoms with Crippen LogP contribution in [0.4, 0.5) is 29.3 Å². The number of hydrogen-bond donors (Lipinski definition) is 2. The lowest BCUT2D eigenvalue weighted by molar-refractivity contribution is 0.251. The molecule has 0 unspecified atom stereocenters. The quantitative estimate of drug-likeness (QED) is 0.846. The number of nitrogens with zero attached hydrogens (tertiary/aromatic N) is 1. The van der Waals surface area contributed by atoms with E-state index in [1.807, 2.05) is 43.3 Å². The molecule has 0 radical (unpaired) electrons. The van der Waals surface area contributed by atoms with E-state index in [2.05, 4.69) is 10.6 Å². The Bertz CT molecular complexity index is 702. The summed E-state index contributed by atoms with van der Waals surface area (Å²) in [5.41, 5.74) is 1.43. The lowest BCUT2D eigenvalue weighted by Gasteiger charge is -2.13. The van der Waals surface area contributed by atoms with Crippen LogP contribution in [0.25, 0.3) is 0 Å². The average molecular weight is 323 g/mol. The van der Waals surface area contributed by atoms with E-state index in [4.69, 9.17) is 0 Å². The summed E-state index contributed by atoms with van der Waals surface area (Å²) < 4.78 is 39.3. The Hall–Kier alpha value is -2.70. The van der Waals surface area contributed by atoms with Crippen LogP contribution in [0.5, 0.6) is 0 Å². The summed E-state index contributed by atoms with van der Waals surface area (Å²) in [6.45, 7) is 0.213. The number of carbonyl (C=O) groups excluding carboxylic acids is 1. The molecule has 0 aliphatic rings. The van der Waals surface area contributed by atoms with Gasteiger partial charge in [-0.3, -0.25) is 0 Å². The summed E-state index contributed by atoms with van der Waals surface area (Å²) >= 11 is 0. The Balaban J connectivity index is 1.94.